The first-order valence-corrected chi connectivity index (χ1v) is 8.88. The van der Waals surface area contributed by atoms with E-state index >= 15 is 0 Å². The van der Waals surface area contributed by atoms with Crippen molar-refractivity contribution in [3.8, 4) is 11.5 Å². The van der Waals surface area contributed by atoms with Crippen molar-refractivity contribution in [2.45, 2.75) is 12.7 Å². The smallest absolute Gasteiger partial charge is 0.308 e. The molecule has 2 aromatic rings. The van der Waals surface area contributed by atoms with Crippen molar-refractivity contribution in [2.24, 2.45) is 0 Å². The monoisotopic (exact) mass is 382 g/mol. The molecule has 2 aromatic carbocycles. The van der Waals surface area contributed by atoms with Crippen molar-refractivity contribution in [3.05, 3.63) is 63.0 Å². The summed E-state index contributed by atoms with van der Waals surface area (Å²) < 4.78 is 10.3. The van der Waals surface area contributed by atoms with E-state index in [0.717, 1.165) is 16.9 Å². The lowest BCUT2D eigenvalue weighted by molar-refractivity contribution is -0.132. The van der Waals surface area contributed by atoms with Gasteiger partial charge in [-0.2, -0.15) is 0 Å². The molecule has 0 radical (unpaired) electrons. The van der Waals surface area contributed by atoms with Gasteiger partial charge < -0.3 is 9.47 Å². The molecule has 0 spiro atoms. The molecule has 24 heavy (non-hydrogen) atoms. The molecular weight excluding hydrogens is 367 g/mol. The highest BCUT2D eigenvalue weighted by molar-refractivity contribution is 8.01. The van der Waals surface area contributed by atoms with Crippen molar-refractivity contribution >= 4 is 47.0 Å². The normalized spacial score (nSPS) is 10.8. The second kappa shape index (κ2) is 9.02. The number of carbonyl (C=O) groups excluding carboxylic acids is 1. The van der Waals surface area contributed by atoms with Crippen molar-refractivity contribution in [2.75, 3.05) is 7.11 Å². The molecule has 0 aromatic heterocycles. The first-order chi connectivity index (χ1) is 11.5. The zero-order valence-electron chi connectivity index (χ0n) is 13.2. The van der Waals surface area contributed by atoms with Gasteiger partial charge in [-0.15, -0.1) is 11.8 Å². The quantitative estimate of drug-likeness (QED) is 0.464. The molecule has 0 unspecified atom stereocenters. The molecule has 3 nitrogen and oxygen atoms in total. The van der Waals surface area contributed by atoms with Crippen LogP contribution >= 0.6 is 35.0 Å². The Balaban J connectivity index is 2.00. The number of halogens is 2. The largest absolute Gasteiger partial charge is 0.493 e. The van der Waals surface area contributed by atoms with E-state index in [0.29, 0.717) is 21.5 Å². The number of benzene rings is 2. The van der Waals surface area contributed by atoms with E-state index in [1.54, 1.807) is 23.9 Å². The summed E-state index contributed by atoms with van der Waals surface area (Å²) in [6.07, 6.45) is 1.95. The van der Waals surface area contributed by atoms with Crippen LogP contribution in [0.25, 0.3) is 6.08 Å². The molecule has 0 atom stereocenters. The highest BCUT2D eigenvalue weighted by Gasteiger charge is 2.07. The number of hydrogen-bond donors (Lipinski definition) is 0. The molecular formula is C18H16Cl2O3S. The average Bonchev–Trinajstić information content (AvgIpc) is 2.53. The Hall–Kier alpha value is -1.62. The van der Waals surface area contributed by atoms with E-state index in [9.17, 15) is 4.79 Å². The molecule has 126 valence electrons. The molecule has 0 N–H and O–H groups in total. The van der Waals surface area contributed by atoms with Crippen LogP contribution in [0, 0.1) is 0 Å². The predicted molar refractivity (Wildman–Crippen MR) is 101 cm³/mol. The van der Waals surface area contributed by atoms with E-state index in [2.05, 4.69) is 0 Å². The molecule has 6 heteroatoms. The van der Waals surface area contributed by atoms with Crippen molar-refractivity contribution < 1.29 is 14.3 Å². The van der Waals surface area contributed by atoms with Crippen LogP contribution in [0.2, 0.25) is 10.0 Å². The van der Waals surface area contributed by atoms with Gasteiger partial charge >= 0.3 is 5.97 Å². The molecule has 0 saturated carbocycles. The number of carbonyl (C=O) groups is 1. The minimum Gasteiger partial charge on any atom is -0.493 e. The Morgan fingerprint density at radius 2 is 1.96 bits per heavy atom. The van der Waals surface area contributed by atoms with E-state index in [4.69, 9.17) is 32.7 Å². The molecule has 0 heterocycles. The lowest BCUT2D eigenvalue weighted by Gasteiger charge is -2.08. The van der Waals surface area contributed by atoms with Gasteiger partial charge in [0.2, 0.25) is 0 Å². The van der Waals surface area contributed by atoms with Crippen LogP contribution < -0.4 is 9.47 Å². The molecule has 0 aliphatic carbocycles. The van der Waals surface area contributed by atoms with E-state index in [1.807, 2.05) is 35.7 Å². The summed E-state index contributed by atoms with van der Waals surface area (Å²) in [4.78, 5) is 11.0. The van der Waals surface area contributed by atoms with Crippen LogP contribution in [0.15, 0.2) is 41.8 Å². The van der Waals surface area contributed by atoms with Gasteiger partial charge in [0, 0.05) is 22.7 Å². The number of methoxy groups -OCH3 is 1. The summed E-state index contributed by atoms with van der Waals surface area (Å²) in [6, 6.07) is 10.9. The van der Waals surface area contributed by atoms with Crippen LogP contribution in [-0.4, -0.2) is 13.1 Å². The zero-order chi connectivity index (χ0) is 17.5. The fraction of sp³-hybridized carbons (Fsp3) is 0.167. The number of thioether (sulfide) groups is 1. The average molecular weight is 383 g/mol. The molecule has 0 amide bonds. The molecule has 0 aliphatic rings. The third kappa shape index (κ3) is 5.48. The van der Waals surface area contributed by atoms with Crippen molar-refractivity contribution in [1.29, 1.82) is 0 Å². The standard InChI is InChI=1S/C18H16Cl2O3S/c1-12(21)23-17-6-3-13(9-18(17)22-2)7-8-24-11-14-4-5-15(19)10-16(14)20/h3-10H,11H2,1-2H3. The second-order valence-corrected chi connectivity index (χ2v) is 6.59. The Kier molecular flexibility index (Phi) is 7.03. The number of hydrogen-bond acceptors (Lipinski definition) is 4. The predicted octanol–water partition coefficient (Wildman–Crippen LogP) is 5.83. The van der Waals surface area contributed by atoms with Crippen LogP contribution in [0.1, 0.15) is 18.1 Å². The molecule has 2 rings (SSSR count). The molecule has 0 aliphatic heterocycles. The van der Waals surface area contributed by atoms with Gasteiger partial charge in [-0.05, 0) is 46.9 Å². The summed E-state index contributed by atoms with van der Waals surface area (Å²) in [5, 5.41) is 3.27. The third-order valence-corrected chi connectivity index (χ3v) is 4.45. The minimum absolute atomic E-state index is 0.382. The molecule has 0 saturated heterocycles. The van der Waals surface area contributed by atoms with Gasteiger partial charge in [-0.1, -0.05) is 35.3 Å². The van der Waals surface area contributed by atoms with Gasteiger partial charge in [-0.3, -0.25) is 4.79 Å². The first-order valence-electron chi connectivity index (χ1n) is 7.08. The van der Waals surface area contributed by atoms with Crippen LogP contribution in [0.5, 0.6) is 11.5 Å². The fourth-order valence-corrected chi connectivity index (χ4v) is 3.27. The molecule has 0 bridgehead atoms. The summed E-state index contributed by atoms with van der Waals surface area (Å²) in [5.41, 5.74) is 1.97. The summed E-state index contributed by atoms with van der Waals surface area (Å²) in [5.74, 6) is 1.28. The first kappa shape index (κ1) is 18.7. The van der Waals surface area contributed by atoms with E-state index < -0.39 is 0 Å². The number of esters is 1. The van der Waals surface area contributed by atoms with Crippen LogP contribution in [0.4, 0.5) is 0 Å². The van der Waals surface area contributed by atoms with Crippen LogP contribution in [-0.2, 0) is 10.5 Å². The summed E-state index contributed by atoms with van der Waals surface area (Å²) in [6.45, 7) is 1.35. The Labute approximate surface area is 155 Å². The van der Waals surface area contributed by atoms with Crippen LogP contribution in [0.3, 0.4) is 0 Å². The minimum atomic E-state index is -0.382. The Bertz CT molecular complexity index is 760. The SMILES string of the molecule is COc1cc(C=CSCc2ccc(Cl)cc2Cl)ccc1OC(C)=O. The Morgan fingerprint density at radius 3 is 2.62 bits per heavy atom. The van der Waals surface area contributed by atoms with Crippen molar-refractivity contribution in [1.82, 2.24) is 0 Å². The van der Waals surface area contributed by atoms with Gasteiger partial charge in [-0.25, -0.2) is 0 Å². The van der Waals surface area contributed by atoms with Gasteiger partial charge in [0.15, 0.2) is 11.5 Å². The zero-order valence-corrected chi connectivity index (χ0v) is 15.5. The maximum absolute atomic E-state index is 11.0. The topological polar surface area (TPSA) is 35.5 Å². The van der Waals surface area contributed by atoms with E-state index in [1.165, 1.54) is 14.0 Å². The highest BCUT2D eigenvalue weighted by Crippen LogP contribution is 2.29. The van der Waals surface area contributed by atoms with Gasteiger partial charge in [0.25, 0.3) is 0 Å². The molecule has 0 fully saturated rings. The lowest BCUT2D eigenvalue weighted by Crippen LogP contribution is -2.02. The fourth-order valence-electron chi connectivity index (χ4n) is 1.93. The second-order valence-electron chi connectivity index (χ2n) is 4.85. The van der Waals surface area contributed by atoms with Gasteiger partial charge in [0.05, 0.1) is 7.11 Å². The summed E-state index contributed by atoms with van der Waals surface area (Å²) in [7, 11) is 1.53. The van der Waals surface area contributed by atoms with Crippen molar-refractivity contribution in [3.63, 3.8) is 0 Å². The maximum Gasteiger partial charge on any atom is 0.308 e. The highest BCUT2D eigenvalue weighted by atomic mass is 35.5. The number of rotatable bonds is 6. The number of ether oxygens (including phenoxy) is 2. The van der Waals surface area contributed by atoms with Gasteiger partial charge in [0.1, 0.15) is 0 Å². The summed E-state index contributed by atoms with van der Waals surface area (Å²) >= 11 is 13.6. The third-order valence-electron chi connectivity index (χ3n) is 3.05. The Morgan fingerprint density at radius 1 is 1.17 bits per heavy atom. The maximum atomic E-state index is 11.0. The van der Waals surface area contributed by atoms with E-state index in [-0.39, 0.29) is 5.97 Å². The lowest BCUT2D eigenvalue weighted by atomic mass is 10.2.